The summed E-state index contributed by atoms with van der Waals surface area (Å²) in [6, 6.07) is 7.35. The van der Waals surface area contributed by atoms with Crippen LogP contribution in [0.2, 0.25) is 0 Å². The third-order valence-corrected chi connectivity index (χ3v) is 6.41. The largest absolute Gasteiger partial charge is 0.549 e. The fraction of sp³-hybridized carbons (Fsp3) is 0.143. The van der Waals surface area contributed by atoms with Gasteiger partial charge in [0.05, 0.1) is 33.2 Å². The minimum Gasteiger partial charge on any atom is -0.549 e. The minimum absolute atomic E-state index is 0.0295. The molecule has 10 heteroatoms. The molecule has 128 valence electrons. The molecule has 0 aliphatic rings. The second kappa shape index (κ2) is 6.21. The van der Waals surface area contributed by atoms with Gasteiger partial charge in [-0.25, -0.2) is 16.8 Å². The zero-order valence-electron chi connectivity index (χ0n) is 12.0. The molecule has 0 bridgehead atoms. The number of carboxylic acid groups (broad SMARTS) is 2. The highest BCUT2D eigenvalue weighted by Crippen LogP contribution is 2.29. The summed E-state index contributed by atoms with van der Waals surface area (Å²) in [5.41, 5.74) is 0. The van der Waals surface area contributed by atoms with Crippen LogP contribution in [0.25, 0.3) is 10.8 Å². The first kappa shape index (κ1) is 17.9. The minimum atomic E-state index is -4.26. The number of rotatable bonds is 6. The van der Waals surface area contributed by atoms with Gasteiger partial charge in [0.1, 0.15) is 0 Å². The molecule has 0 radical (unpaired) electrons. The molecule has 2 rings (SSSR count). The van der Waals surface area contributed by atoms with Crippen LogP contribution < -0.4 is 10.2 Å². The van der Waals surface area contributed by atoms with Gasteiger partial charge in [0.25, 0.3) is 0 Å². The van der Waals surface area contributed by atoms with Crippen LogP contribution in [0.3, 0.4) is 0 Å². The quantitative estimate of drug-likeness (QED) is 0.561. The first-order chi connectivity index (χ1) is 11.0. The molecule has 0 fully saturated rings. The van der Waals surface area contributed by atoms with Crippen molar-refractivity contribution in [1.82, 2.24) is 0 Å². The Morgan fingerprint density at radius 1 is 0.708 bits per heavy atom. The molecule has 8 nitrogen and oxygen atoms in total. The number of carboxylic acids is 2. The van der Waals surface area contributed by atoms with Crippen LogP contribution in [0.5, 0.6) is 0 Å². The van der Waals surface area contributed by atoms with Crippen molar-refractivity contribution in [2.75, 3.05) is 11.5 Å². The number of carbonyl (C=O) groups excluding carboxylic acids is 2. The van der Waals surface area contributed by atoms with Crippen LogP contribution in [0.15, 0.2) is 46.2 Å². The zero-order valence-corrected chi connectivity index (χ0v) is 13.6. The van der Waals surface area contributed by atoms with E-state index in [1.165, 1.54) is 24.3 Å². The first-order valence-corrected chi connectivity index (χ1v) is 9.72. The summed E-state index contributed by atoms with van der Waals surface area (Å²) in [4.78, 5) is 20.5. The van der Waals surface area contributed by atoms with Gasteiger partial charge in [0.2, 0.25) is 0 Å². The average molecular weight is 370 g/mol. The molecule has 0 saturated carbocycles. The molecule has 0 aliphatic heterocycles. The van der Waals surface area contributed by atoms with Crippen molar-refractivity contribution in [3.05, 3.63) is 36.4 Å². The van der Waals surface area contributed by atoms with Crippen molar-refractivity contribution >= 4 is 42.4 Å². The predicted octanol–water partition coefficient (Wildman–Crippen LogP) is -2.11. The van der Waals surface area contributed by atoms with E-state index in [-0.39, 0.29) is 20.6 Å². The highest BCUT2D eigenvalue weighted by Gasteiger charge is 2.22. The fourth-order valence-electron chi connectivity index (χ4n) is 2.26. The summed E-state index contributed by atoms with van der Waals surface area (Å²) in [5, 5.41) is 21.2. The monoisotopic (exact) mass is 370 g/mol. The van der Waals surface area contributed by atoms with Gasteiger partial charge in [0.15, 0.2) is 19.7 Å². The maximum atomic E-state index is 12.1. The topological polar surface area (TPSA) is 149 Å². The van der Waals surface area contributed by atoms with Crippen LogP contribution >= 0.6 is 0 Å². The molecule has 0 aliphatic carbocycles. The number of hydrogen-bond acceptors (Lipinski definition) is 8. The van der Waals surface area contributed by atoms with Crippen molar-refractivity contribution in [2.24, 2.45) is 0 Å². The smallest absolute Gasteiger partial charge is 0.184 e. The Bertz CT molecular complexity index is 950. The van der Waals surface area contributed by atoms with Crippen LogP contribution in [-0.4, -0.2) is 40.3 Å². The normalized spacial score (nSPS) is 12.2. The van der Waals surface area contributed by atoms with Gasteiger partial charge in [0, 0.05) is 10.8 Å². The Kier molecular flexibility index (Phi) is 4.63. The lowest BCUT2D eigenvalue weighted by molar-refractivity contribution is -0.302. The Balaban J connectivity index is 2.77. The zero-order chi connectivity index (χ0) is 18.1. The van der Waals surface area contributed by atoms with E-state index in [1.54, 1.807) is 0 Å². The predicted molar refractivity (Wildman–Crippen MR) is 78.1 cm³/mol. The standard InChI is InChI=1S/C14H12O8S2/c15-13(16)7-23(19,20)11-5-1-3-9-10(11)4-2-6-12(9)24(21,22)8-14(17)18/h1-6H,7-8H2,(H,15,16)(H,17,18)/p-2. The van der Waals surface area contributed by atoms with Crippen LogP contribution in [0, 0.1) is 0 Å². The molecular formula is C14H10O8S2-2. The van der Waals surface area contributed by atoms with Crippen LogP contribution in [-0.2, 0) is 29.3 Å². The van der Waals surface area contributed by atoms with E-state index < -0.39 is 43.1 Å². The third kappa shape index (κ3) is 3.54. The maximum Gasteiger partial charge on any atom is 0.184 e. The van der Waals surface area contributed by atoms with E-state index in [1.807, 2.05) is 0 Å². The number of carbonyl (C=O) groups is 2. The molecule has 0 N–H and O–H groups in total. The molecule has 2 aromatic rings. The van der Waals surface area contributed by atoms with E-state index >= 15 is 0 Å². The van der Waals surface area contributed by atoms with Crippen LogP contribution in [0.4, 0.5) is 0 Å². The van der Waals surface area contributed by atoms with E-state index in [4.69, 9.17) is 0 Å². The highest BCUT2D eigenvalue weighted by molar-refractivity contribution is 7.92. The van der Waals surface area contributed by atoms with Crippen molar-refractivity contribution in [1.29, 1.82) is 0 Å². The van der Waals surface area contributed by atoms with Crippen molar-refractivity contribution in [3.8, 4) is 0 Å². The lowest BCUT2D eigenvalue weighted by Gasteiger charge is -2.12. The number of benzene rings is 2. The maximum absolute atomic E-state index is 12.1. The van der Waals surface area contributed by atoms with Gasteiger partial charge in [-0.3, -0.25) is 0 Å². The SMILES string of the molecule is O=C([O-])CS(=O)(=O)c1cccc2c(S(=O)(=O)CC(=O)[O-])cccc12. The summed E-state index contributed by atoms with van der Waals surface area (Å²) in [7, 11) is -8.51. The van der Waals surface area contributed by atoms with Gasteiger partial charge in [-0.15, -0.1) is 0 Å². The molecule has 0 spiro atoms. The Labute approximate surface area is 137 Å². The summed E-state index contributed by atoms with van der Waals surface area (Å²) >= 11 is 0. The molecule has 0 amide bonds. The van der Waals surface area contributed by atoms with Crippen molar-refractivity contribution in [3.63, 3.8) is 0 Å². The Hall–Kier alpha value is -2.46. The highest BCUT2D eigenvalue weighted by atomic mass is 32.2. The second-order valence-electron chi connectivity index (χ2n) is 4.87. The van der Waals surface area contributed by atoms with Gasteiger partial charge in [-0.05, 0) is 12.1 Å². The molecule has 2 aromatic carbocycles. The molecule has 0 aromatic heterocycles. The lowest BCUT2D eigenvalue weighted by Crippen LogP contribution is -2.31. The van der Waals surface area contributed by atoms with Gasteiger partial charge in [-0.1, -0.05) is 24.3 Å². The summed E-state index contributed by atoms with van der Waals surface area (Å²) in [5.74, 6) is -6.12. The molecule has 0 heterocycles. The lowest BCUT2D eigenvalue weighted by atomic mass is 10.1. The van der Waals surface area contributed by atoms with E-state index in [2.05, 4.69) is 0 Å². The van der Waals surface area contributed by atoms with Crippen LogP contribution in [0.1, 0.15) is 0 Å². The average Bonchev–Trinajstić information content (AvgIpc) is 2.43. The van der Waals surface area contributed by atoms with E-state index in [9.17, 15) is 36.6 Å². The Morgan fingerprint density at radius 2 is 1.04 bits per heavy atom. The number of aliphatic carboxylic acids is 2. The second-order valence-corrected chi connectivity index (χ2v) is 8.79. The summed E-state index contributed by atoms with van der Waals surface area (Å²) in [6.07, 6.45) is 0. The summed E-state index contributed by atoms with van der Waals surface area (Å²) < 4.78 is 48.5. The van der Waals surface area contributed by atoms with Crippen molar-refractivity contribution < 1.29 is 36.6 Å². The molecular weight excluding hydrogens is 360 g/mol. The van der Waals surface area contributed by atoms with Gasteiger partial charge >= 0.3 is 0 Å². The first-order valence-electron chi connectivity index (χ1n) is 6.41. The number of sulfone groups is 2. The third-order valence-electron chi connectivity index (χ3n) is 3.13. The fourth-order valence-corrected chi connectivity index (χ4v) is 4.79. The Morgan fingerprint density at radius 3 is 1.33 bits per heavy atom. The summed E-state index contributed by atoms with van der Waals surface area (Å²) in [6.45, 7) is 0. The van der Waals surface area contributed by atoms with E-state index in [0.29, 0.717) is 0 Å². The molecule has 0 unspecified atom stereocenters. The molecule has 0 saturated heterocycles. The number of hydrogen-bond donors (Lipinski definition) is 0. The van der Waals surface area contributed by atoms with Crippen molar-refractivity contribution in [2.45, 2.75) is 9.79 Å². The molecule has 24 heavy (non-hydrogen) atoms. The van der Waals surface area contributed by atoms with Gasteiger partial charge in [-0.2, -0.15) is 0 Å². The van der Waals surface area contributed by atoms with Gasteiger partial charge < -0.3 is 19.8 Å². The van der Waals surface area contributed by atoms with E-state index in [0.717, 1.165) is 12.1 Å². The number of fused-ring (bicyclic) bond motifs is 1. The molecule has 0 atom stereocenters.